The molecule has 7 heteroatoms. The van der Waals surface area contributed by atoms with E-state index in [4.69, 9.17) is 16.3 Å². The van der Waals surface area contributed by atoms with E-state index in [9.17, 15) is 4.91 Å². The minimum absolute atomic E-state index is 0.0220. The van der Waals surface area contributed by atoms with E-state index in [0.29, 0.717) is 17.4 Å². The van der Waals surface area contributed by atoms with E-state index in [1.807, 2.05) is 13.0 Å². The Hall–Kier alpha value is -1.66. The molecule has 3 heterocycles. The van der Waals surface area contributed by atoms with Gasteiger partial charge in [-0.25, -0.2) is 4.98 Å². The fourth-order valence-electron chi connectivity index (χ4n) is 3.39. The van der Waals surface area contributed by atoms with Gasteiger partial charge in [0.15, 0.2) is 0 Å². The Labute approximate surface area is 147 Å². The van der Waals surface area contributed by atoms with Gasteiger partial charge in [-0.3, -0.25) is 0 Å². The van der Waals surface area contributed by atoms with E-state index < -0.39 is 0 Å². The monoisotopic (exact) mass is 350 g/mol. The van der Waals surface area contributed by atoms with Gasteiger partial charge in [-0.15, -0.1) is 4.91 Å². The van der Waals surface area contributed by atoms with Crippen LogP contribution in [0.5, 0.6) is 0 Å². The number of hydrogen-bond acceptors (Lipinski definition) is 6. The minimum Gasteiger partial charge on any atom is -0.358 e. The van der Waals surface area contributed by atoms with E-state index in [-0.39, 0.29) is 12.1 Å². The fourth-order valence-corrected chi connectivity index (χ4v) is 3.50. The topological polar surface area (TPSA) is 58.0 Å². The smallest absolute Gasteiger partial charge is 0.132 e. The zero-order chi connectivity index (χ0) is 17.1. The maximum absolute atomic E-state index is 11.4. The molecule has 1 aromatic rings. The average molecular weight is 351 g/mol. The van der Waals surface area contributed by atoms with Crippen LogP contribution in [0.1, 0.15) is 32.3 Å². The predicted octanol–water partition coefficient (Wildman–Crippen LogP) is 3.58. The first kappa shape index (κ1) is 17.2. The molecule has 0 saturated carbocycles. The Balaban J connectivity index is 1.84. The van der Waals surface area contributed by atoms with Crippen LogP contribution in [0.2, 0.25) is 5.15 Å². The molecule has 6 nitrogen and oxygen atoms in total. The van der Waals surface area contributed by atoms with Crippen LogP contribution in [0.25, 0.3) is 0 Å². The number of rotatable bonds is 6. The molecule has 2 atom stereocenters. The first-order valence-corrected chi connectivity index (χ1v) is 8.83. The summed E-state index contributed by atoms with van der Waals surface area (Å²) < 4.78 is 6.02. The maximum Gasteiger partial charge on any atom is 0.132 e. The van der Waals surface area contributed by atoms with Crippen molar-refractivity contribution < 1.29 is 4.74 Å². The van der Waals surface area contributed by atoms with Gasteiger partial charge in [-0.2, -0.15) is 0 Å². The second-order valence-corrected chi connectivity index (χ2v) is 6.75. The van der Waals surface area contributed by atoms with Crippen LogP contribution in [0.15, 0.2) is 35.0 Å². The average Bonchev–Trinajstić information content (AvgIpc) is 2.99. The molecule has 0 aliphatic carbocycles. The van der Waals surface area contributed by atoms with Gasteiger partial charge in [0.1, 0.15) is 22.9 Å². The van der Waals surface area contributed by atoms with Gasteiger partial charge in [-0.05, 0) is 23.2 Å². The van der Waals surface area contributed by atoms with E-state index >= 15 is 0 Å². The number of pyridine rings is 1. The van der Waals surface area contributed by atoms with E-state index in [1.165, 1.54) is 0 Å². The Morgan fingerprint density at radius 2 is 2.25 bits per heavy atom. The normalized spacial score (nSPS) is 23.6. The molecule has 0 aromatic carbocycles. The van der Waals surface area contributed by atoms with Crippen LogP contribution in [0.3, 0.4) is 0 Å². The number of aromatic nitrogens is 1. The number of allylic oxidation sites excluding steroid dienone is 1. The minimum atomic E-state index is 0.0220. The lowest BCUT2D eigenvalue weighted by atomic mass is 9.98. The summed E-state index contributed by atoms with van der Waals surface area (Å²) in [5.74, 6) is 1.01. The third-order valence-corrected chi connectivity index (χ3v) is 4.78. The summed E-state index contributed by atoms with van der Waals surface area (Å²) in [6, 6.07) is 3.75. The standard InChI is InChI=1S/C17H23ClN4O2/c1-3-8-24-15-9-12(2)16(20-23)17-21(6-7-22(15)17)11-13-4-5-14(18)19-10-13/h4-5,10,12,15H,3,6-9,11H2,1-2H3. The van der Waals surface area contributed by atoms with Crippen LogP contribution in [0.4, 0.5) is 0 Å². The molecule has 1 aromatic heterocycles. The van der Waals surface area contributed by atoms with Crippen LogP contribution in [-0.2, 0) is 11.3 Å². The quantitative estimate of drug-likeness (QED) is 0.579. The summed E-state index contributed by atoms with van der Waals surface area (Å²) >= 11 is 5.86. The number of fused-ring (bicyclic) bond motifs is 1. The molecule has 2 aliphatic rings. The van der Waals surface area contributed by atoms with Crippen LogP contribution >= 0.6 is 11.6 Å². The summed E-state index contributed by atoms with van der Waals surface area (Å²) in [7, 11) is 0. The van der Waals surface area contributed by atoms with E-state index in [0.717, 1.165) is 43.9 Å². The molecule has 0 spiro atoms. The van der Waals surface area contributed by atoms with Gasteiger partial charge in [0, 0.05) is 44.8 Å². The molecule has 0 amide bonds. The second-order valence-electron chi connectivity index (χ2n) is 6.37. The summed E-state index contributed by atoms with van der Waals surface area (Å²) in [5.41, 5.74) is 1.69. The first-order valence-electron chi connectivity index (χ1n) is 8.45. The molecule has 0 bridgehead atoms. The third kappa shape index (κ3) is 3.39. The van der Waals surface area contributed by atoms with Crippen molar-refractivity contribution in [1.82, 2.24) is 14.8 Å². The Morgan fingerprint density at radius 1 is 1.42 bits per heavy atom. The zero-order valence-electron chi connectivity index (χ0n) is 14.1. The number of hydrogen-bond donors (Lipinski definition) is 0. The summed E-state index contributed by atoms with van der Waals surface area (Å²) in [5, 5.41) is 3.83. The number of nitroso groups, excluding NO2 is 1. The van der Waals surface area contributed by atoms with Crippen molar-refractivity contribution in [3.8, 4) is 0 Å². The summed E-state index contributed by atoms with van der Waals surface area (Å²) in [4.78, 5) is 20.0. The second kappa shape index (κ2) is 7.49. The third-order valence-electron chi connectivity index (χ3n) is 4.56. The molecule has 2 aliphatic heterocycles. The highest BCUT2D eigenvalue weighted by Gasteiger charge is 2.40. The van der Waals surface area contributed by atoms with Gasteiger partial charge >= 0.3 is 0 Å². The molecule has 2 unspecified atom stereocenters. The van der Waals surface area contributed by atoms with Crippen molar-refractivity contribution in [3.05, 3.63) is 45.5 Å². The van der Waals surface area contributed by atoms with Gasteiger partial charge in [0.25, 0.3) is 0 Å². The molecular formula is C17H23ClN4O2. The molecule has 1 fully saturated rings. The van der Waals surface area contributed by atoms with Crippen molar-refractivity contribution in [3.63, 3.8) is 0 Å². The van der Waals surface area contributed by atoms with Crippen molar-refractivity contribution in [2.45, 2.75) is 39.5 Å². The van der Waals surface area contributed by atoms with Crippen molar-refractivity contribution >= 4 is 11.6 Å². The molecule has 0 radical (unpaired) electrons. The number of halogens is 1. The van der Waals surface area contributed by atoms with E-state index in [2.05, 4.69) is 26.9 Å². The highest BCUT2D eigenvalue weighted by atomic mass is 35.5. The Kier molecular flexibility index (Phi) is 5.36. The lowest BCUT2D eigenvalue weighted by Gasteiger charge is -2.38. The lowest BCUT2D eigenvalue weighted by molar-refractivity contribution is -0.0580. The SMILES string of the molecule is CCCOC1CC(C)C(N=O)=C2N(Cc3ccc(Cl)nc3)CCN21. The molecule has 3 rings (SSSR count). The van der Waals surface area contributed by atoms with Gasteiger partial charge < -0.3 is 14.5 Å². The van der Waals surface area contributed by atoms with Crippen molar-refractivity contribution in [2.75, 3.05) is 19.7 Å². The van der Waals surface area contributed by atoms with Crippen molar-refractivity contribution in [2.24, 2.45) is 11.1 Å². The van der Waals surface area contributed by atoms with Crippen LogP contribution in [-0.4, -0.2) is 40.7 Å². The predicted molar refractivity (Wildman–Crippen MR) is 93.0 cm³/mol. The largest absolute Gasteiger partial charge is 0.358 e. The maximum atomic E-state index is 11.4. The lowest BCUT2D eigenvalue weighted by Crippen LogP contribution is -2.41. The zero-order valence-corrected chi connectivity index (χ0v) is 14.9. The van der Waals surface area contributed by atoms with E-state index in [1.54, 1.807) is 12.3 Å². The Morgan fingerprint density at radius 3 is 2.92 bits per heavy atom. The summed E-state index contributed by atoms with van der Waals surface area (Å²) in [6.07, 6.45) is 3.59. The molecule has 0 N–H and O–H groups in total. The highest BCUT2D eigenvalue weighted by molar-refractivity contribution is 6.29. The first-order chi connectivity index (χ1) is 11.6. The van der Waals surface area contributed by atoms with Crippen LogP contribution < -0.4 is 0 Å². The Bertz CT molecular complexity index is 620. The van der Waals surface area contributed by atoms with Gasteiger partial charge in [0.2, 0.25) is 0 Å². The highest BCUT2D eigenvalue weighted by Crippen LogP contribution is 2.38. The number of ether oxygens (including phenoxy) is 1. The molecule has 1 saturated heterocycles. The summed E-state index contributed by atoms with van der Waals surface area (Å²) in [6.45, 7) is 7.25. The van der Waals surface area contributed by atoms with Gasteiger partial charge in [-0.1, -0.05) is 31.5 Å². The van der Waals surface area contributed by atoms with Gasteiger partial charge in [0.05, 0.1) is 0 Å². The molecule has 24 heavy (non-hydrogen) atoms. The molecular weight excluding hydrogens is 328 g/mol. The molecule has 130 valence electrons. The van der Waals surface area contributed by atoms with Crippen LogP contribution in [0, 0.1) is 10.8 Å². The van der Waals surface area contributed by atoms with Crippen molar-refractivity contribution in [1.29, 1.82) is 0 Å². The number of nitrogens with zero attached hydrogens (tertiary/aromatic N) is 4. The fraction of sp³-hybridized carbons (Fsp3) is 0.588.